The Hall–Kier alpha value is -1.39. The van der Waals surface area contributed by atoms with Gasteiger partial charge in [0.25, 0.3) is 0 Å². The average Bonchev–Trinajstić information content (AvgIpc) is 2.73. The van der Waals surface area contributed by atoms with Crippen LogP contribution in [0, 0.1) is 13.8 Å². The van der Waals surface area contributed by atoms with Gasteiger partial charge in [-0.1, -0.05) is 24.3 Å². The van der Waals surface area contributed by atoms with Crippen LogP contribution in [-0.2, 0) is 5.88 Å². The van der Waals surface area contributed by atoms with Crippen LogP contribution < -0.4 is 0 Å². The number of alkyl halides is 1. The monoisotopic (exact) mass is 349 g/mol. The second-order valence-corrected chi connectivity index (χ2v) is 5.75. The van der Waals surface area contributed by atoms with Gasteiger partial charge >= 0.3 is 0 Å². The molecule has 5 heteroatoms. The highest BCUT2D eigenvalue weighted by molar-refractivity contribution is 9.10. The molecule has 3 nitrogen and oxygen atoms in total. The molecule has 0 radical (unpaired) electrons. The van der Waals surface area contributed by atoms with E-state index < -0.39 is 0 Å². The number of benzene rings is 1. The van der Waals surface area contributed by atoms with E-state index in [9.17, 15) is 0 Å². The molecule has 0 unspecified atom stereocenters. The number of hydrogen-bond acceptors (Lipinski definition) is 2. The van der Waals surface area contributed by atoms with Gasteiger partial charge in [0, 0.05) is 5.39 Å². The van der Waals surface area contributed by atoms with Crippen LogP contribution in [0.4, 0.5) is 0 Å². The van der Waals surface area contributed by atoms with Crippen LogP contribution in [0.25, 0.3) is 16.6 Å². The van der Waals surface area contributed by atoms with Crippen LogP contribution in [0.3, 0.4) is 0 Å². The number of fused-ring (bicyclic) bond motifs is 1. The third-order valence-electron chi connectivity index (χ3n) is 3.31. The van der Waals surface area contributed by atoms with Crippen molar-refractivity contribution >= 4 is 38.3 Å². The van der Waals surface area contributed by atoms with Gasteiger partial charge in [0.15, 0.2) is 5.82 Å². The van der Waals surface area contributed by atoms with Crippen LogP contribution in [0.1, 0.15) is 17.1 Å². The highest BCUT2D eigenvalue weighted by Gasteiger charge is 2.14. The number of aryl methyl sites for hydroxylation is 1. The molecule has 0 atom stereocenters. The number of rotatable bonds is 2. The van der Waals surface area contributed by atoms with E-state index in [1.807, 2.05) is 36.7 Å². The topological polar surface area (TPSA) is 30.7 Å². The van der Waals surface area contributed by atoms with Crippen molar-refractivity contribution in [1.82, 2.24) is 14.8 Å². The zero-order chi connectivity index (χ0) is 14.3. The van der Waals surface area contributed by atoms with Crippen molar-refractivity contribution in [3.8, 4) is 5.82 Å². The molecule has 3 aromatic rings. The molecule has 0 saturated heterocycles. The van der Waals surface area contributed by atoms with E-state index in [1.165, 1.54) is 0 Å². The van der Waals surface area contributed by atoms with Crippen molar-refractivity contribution in [1.29, 1.82) is 0 Å². The molecule has 0 amide bonds. The minimum absolute atomic E-state index is 0.387. The summed E-state index contributed by atoms with van der Waals surface area (Å²) in [5.74, 6) is 1.21. The largest absolute Gasteiger partial charge is 0.232 e. The number of aromatic nitrogens is 3. The van der Waals surface area contributed by atoms with Crippen molar-refractivity contribution in [3.63, 3.8) is 0 Å². The summed E-state index contributed by atoms with van der Waals surface area (Å²) in [6.45, 7) is 4.00. The Kier molecular flexibility index (Phi) is 3.52. The summed E-state index contributed by atoms with van der Waals surface area (Å²) >= 11 is 9.52. The lowest BCUT2D eigenvalue weighted by molar-refractivity contribution is 0.808. The van der Waals surface area contributed by atoms with Gasteiger partial charge in [0.05, 0.1) is 27.4 Å². The maximum absolute atomic E-state index is 5.96. The van der Waals surface area contributed by atoms with E-state index in [4.69, 9.17) is 11.6 Å². The summed E-state index contributed by atoms with van der Waals surface area (Å²) < 4.78 is 2.89. The van der Waals surface area contributed by atoms with E-state index in [-0.39, 0.29) is 0 Å². The molecule has 0 fully saturated rings. The van der Waals surface area contributed by atoms with Crippen LogP contribution in [0.5, 0.6) is 0 Å². The first-order chi connectivity index (χ1) is 9.61. The second kappa shape index (κ2) is 5.19. The summed E-state index contributed by atoms with van der Waals surface area (Å²) in [5.41, 5.74) is 2.83. The Morgan fingerprint density at radius 1 is 1.25 bits per heavy atom. The van der Waals surface area contributed by atoms with Gasteiger partial charge in [0.2, 0.25) is 0 Å². The van der Waals surface area contributed by atoms with Crippen molar-refractivity contribution in [2.75, 3.05) is 0 Å². The third kappa shape index (κ3) is 2.13. The lowest BCUT2D eigenvalue weighted by Crippen LogP contribution is -2.04. The highest BCUT2D eigenvalue weighted by Crippen LogP contribution is 2.27. The first-order valence-electron chi connectivity index (χ1n) is 6.28. The maximum atomic E-state index is 5.96. The SMILES string of the molecule is Cc1nn(-c2nc(CCl)cc3ccccc23)c(C)c1Br. The first-order valence-corrected chi connectivity index (χ1v) is 7.61. The van der Waals surface area contributed by atoms with Crippen molar-refractivity contribution in [2.24, 2.45) is 0 Å². The van der Waals surface area contributed by atoms with Gasteiger partial charge in [-0.15, -0.1) is 11.6 Å². The molecule has 0 aliphatic heterocycles. The standard InChI is InChI=1S/C15H13BrClN3/c1-9-14(16)10(2)20(19-9)15-13-6-4-3-5-11(13)7-12(8-17)18-15/h3-7H,8H2,1-2H3. The fourth-order valence-electron chi connectivity index (χ4n) is 2.29. The summed E-state index contributed by atoms with van der Waals surface area (Å²) in [6, 6.07) is 10.2. The highest BCUT2D eigenvalue weighted by atomic mass is 79.9. The Balaban J connectivity index is 2.37. The van der Waals surface area contributed by atoms with Crippen molar-refractivity contribution in [2.45, 2.75) is 19.7 Å². The van der Waals surface area contributed by atoms with Gasteiger partial charge in [-0.3, -0.25) is 0 Å². The Labute approximate surface area is 130 Å². The Morgan fingerprint density at radius 3 is 2.65 bits per heavy atom. The minimum atomic E-state index is 0.387. The van der Waals surface area contributed by atoms with Crippen LogP contribution >= 0.6 is 27.5 Å². The molecule has 1 aromatic carbocycles. The normalized spacial score (nSPS) is 11.2. The summed E-state index contributed by atoms with van der Waals surface area (Å²) in [6.07, 6.45) is 0. The molecule has 0 aliphatic carbocycles. The predicted octanol–water partition coefficient (Wildman–Crippen LogP) is 4.54. The molecular weight excluding hydrogens is 338 g/mol. The van der Waals surface area contributed by atoms with Gasteiger partial charge in [-0.05, 0) is 41.2 Å². The minimum Gasteiger partial charge on any atom is -0.232 e. The third-order valence-corrected chi connectivity index (χ3v) is 4.74. The molecular formula is C15H13BrClN3. The fraction of sp³-hybridized carbons (Fsp3) is 0.200. The van der Waals surface area contributed by atoms with E-state index in [0.29, 0.717) is 5.88 Å². The molecule has 0 N–H and O–H groups in total. The smallest absolute Gasteiger partial charge is 0.161 e. The molecule has 20 heavy (non-hydrogen) atoms. The second-order valence-electron chi connectivity index (χ2n) is 4.69. The zero-order valence-electron chi connectivity index (χ0n) is 11.2. The summed E-state index contributed by atoms with van der Waals surface area (Å²) in [7, 11) is 0. The Bertz CT molecular complexity index is 795. The average molecular weight is 351 g/mol. The van der Waals surface area contributed by atoms with Gasteiger partial charge in [-0.2, -0.15) is 5.10 Å². The number of pyridine rings is 1. The molecule has 0 saturated carbocycles. The van der Waals surface area contributed by atoms with Crippen LogP contribution in [0.15, 0.2) is 34.8 Å². The lowest BCUT2D eigenvalue weighted by Gasteiger charge is -2.09. The maximum Gasteiger partial charge on any atom is 0.161 e. The van der Waals surface area contributed by atoms with E-state index in [0.717, 1.165) is 38.1 Å². The Morgan fingerprint density at radius 2 is 2.00 bits per heavy atom. The van der Waals surface area contributed by atoms with Crippen LogP contribution in [-0.4, -0.2) is 14.8 Å². The van der Waals surface area contributed by atoms with Crippen molar-refractivity contribution < 1.29 is 0 Å². The molecule has 0 spiro atoms. The summed E-state index contributed by atoms with van der Waals surface area (Å²) in [5, 5.41) is 6.76. The fourth-order valence-corrected chi connectivity index (χ4v) is 2.68. The van der Waals surface area contributed by atoms with E-state index in [1.54, 1.807) is 0 Å². The lowest BCUT2D eigenvalue weighted by atomic mass is 10.1. The first kappa shape index (κ1) is 13.6. The summed E-state index contributed by atoms with van der Waals surface area (Å²) in [4.78, 5) is 4.65. The number of halogens is 2. The quantitative estimate of drug-likeness (QED) is 0.635. The molecule has 2 heterocycles. The molecule has 102 valence electrons. The van der Waals surface area contributed by atoms with Gasteiger partial charge < -0.3 is 0 Å². The molecule has 0 aliphatic rings. The number of hydrogen-bond donors (Lipinski definition) is 0. The van der Waals surface area contributed by atoms with Crippen LogP contribution in [0.2, 0.25) is 0 Å². The predicted molar refractivity (Wildman–Crippen MR) is 85.6 cm³/mol. The molecule has 2 aromatic heterocycles. The zero-order valence-corrected chi connectivity index (χ0v) is 13.5. The molecule has 3 rings (SSSR count). The van der Waals surface area contributed by atoms with Crippen molar-refractivity contribution in [3.05, 3.63) is 51.9 Å². The van der Waals surface area contributed by atoms with Gasteiger partial charge in [0.1, 0.15) is 0 Å². The van der Waals surface area contributed by atoms with E-state index in [2.05, 4.69) is 38.1 Å². The molecule has 0 bridgehead atoms. The number of nitrogens with zero attached hydrogens (tertiary/aromatic N) is 3. The van der Waals surface area contributed by atoms with Gasteiger partial charge in [-0.25, -0.2) is 9.67 Å². The van der Waals surface area contributed by atoms with E-state index >= 15 is 0 Å².